The number of carbonyl (C=O) groups excluding carboxylic acids is 2. The summed E-state index contributed by atoms with van der Waals surface area (Å²) < 4.78 is 82.0. The topological polar surface area (TPSA) is 65.5 Å². The lowest BCUT2D eigenvalue weighted by Crippen LogP contribution is -2.30. The third-order valence-corrected chi connectivity index (χ3v) is 2.65. The van der Waals surface area contributed by atoms with Crippen LogP contribution >= 0.6 is 0 Å². The quantitative estimate of drug-likeness (QED) is 0.777. The van der Waals surface area contributed by atoms with E-state index in [-0.39, 0.29) is 5.56 Å². The highest BCUT2D eigenvalue weighted by atomic mass is 19.4. The minimum absolute atomic E-state index is 0.390. The molecule has 0 unspecified atom stereocenters. The molecule has 1 aromatic rings. The van der Waals surface area contributed by atoms with E-state index < -0.39 is 54.3 Å². The van der Waals surface area contributed by atoms with Crippen molar-refractivity contribution in [2.24, 2.45) is 0 Å². The van der Waals surface area contributed by atoms with Crippen molar-refractivity contribution >= 4 is 11.6 Å². The van der Waals surface area contributed by atoms with Crippen molar-refractivity contribution in [1.82, 2.24) is 4.98 Å². The molecular formula is C13H7F6NO4. The third-order valence-electron chi connectivity index (χ3n) is 2.65. The van der Waals surface area contributed by atoms with Crippen molar-refractivity contribution in [1.29, 1.82) is 0 Å². The van der Waals surface area contributed by atoms with Crippen molar-refractivity contribution in [3.63, 3.8) is 0 Å². The summed E-state index contributed by atoms with van der Waals surface area (Å²) in [5.74, 6) is -4.99. The summed E-state index contributed by atoms with van der Waals surface area (Å²) in [6.45, 7) is -3.96. The molecule has 0 aromatic carbocycles. The Hall–Kier alpha value is -2.59. The Labute approximate surface area is 129 Å². The van der Waals surface area contributed by atoms with E-state index in [1.165, 1.54) is 6.07 Å². The molecule has 1 heterocycles. The molecule has 0 spiro atoms. The fraction of sp³-hybridized carbons (Fsp3) is 0.308. The largest absolute Gasteiger partial charge is 0.477 e. The summed E-state index contributed by atoms with van der Waals surface area (Å²) in [5.41, 5.74) is -0.918. The lowest BCUT2D eigenvalue weighted by molar-refractivity contribution is -0.170. The van der Waals surface area contributed by atoms with Gasteiger partial charge in [0.1, 0.15) is 5.69 Å². The summed E-state index contributed by atoms with van der Waals surface area (Å²) in [6.07, 6.45) is -8.66. The van der Waals surface area contributed by atoms with Crippen LogP contribution in [0, 0.1) is 0 Å². The highest BCUT2D eigenvalue weighted by Crippen LogP contribution is 2.29. The number of halogens is 6. The first-order chi connectivity index (χ1) is 11.0. The van der Waals surface area contributed by atoms with E-state index in [9.17, 15) is 35.9 Å². The van der Waals surface area contributed by atoms with Gasteiger partial charge < -0.3 is 9.47 Å². The van der Waals surface area contributed by atoms with Gasteiger partial charge >= 0.3 is 12.4 Å². The van der Waals surface area contributed by atoms with Gasteiger partial charge in [-0.2, -0.15) is 26.3 Å². The van der Waals surface area contributed by atoms with Crippen LogP contribution in [0.5, 0.6) is 0 Å². The van der Waals surface area contributed by atoms with Gasteiger partial charge in [0, 0.05) is 6.20 Å². The third kappa shape index (κ3) is 4.03. The monoisotopic (exact) mass is 355 g/mol. The van der Waals surface area contributed by atoms with E-state index in [0.29, 0.717) is 0 Å². The number of Topliss-reactive ketones (excluding diaryl/α,β-unsaturated/α-hetero) is 2. The number of rotatable bonds is 4. The molecule has 0 saturated heterocycles. The normalized spacial score (nSPS) is 15.4. The zero-order valence-corrected chi connectivity index (χ0v) is 11.5. The fourth-order valence-corrected chi connectivity index (χ4v) is 1.78. The molecule has 0 saturated carbocycles. The van der Waals surface area contributed by atoms with Crippen LogP contribution in [-0.4, -0.2) is 42.1 Å². The first-order valence-corrected chi connectivity index (χ1v) is 6.17. The Morgan fingerprint density at radius 3 is 1.88 bits per heavy atom. The van der Waals surface area contributed by atoms with E-state index in [1.807, 2.05) is 0 Å². The van der Waals surface area contributed by atoms with Crippen LogP contribution in [-0.2, 0) is 9.47 Å². The maximum Gasteiger partial charge on any atom is 0.422 e. The molecule has 0 radical (unpaired) electrons. The number of nitrogens with zero attached hydrogens (tertiary/aromatic N) is 1. The number of aromatic nitrogens is 1. The number of hydrogen-bond acceptors (Lipinski definition) is 5. The van der Waals surface area contributed by atoms with Crippen LogP contribution in [0.2, 0.25) is 0 Å². The standard InChI is InChI=1S/C13H7F6NO4/c14-12(15,16)4-23-10-8(21)6-2-1-3-20-7(6)9(22)11(10)24-5-13(17,18)19/h1-3H,4-5H2. The SMILES string of the molecule is O=C1C(OCC(F)(F)F)=C(OCC(F)(F)F)C(=O)c2ncccc21. The number of alkyl halides is 6. The maximum atomic E-state index is 12.3. The second kappa shape index (κ2) is 6.13. The molecule has 0 fully saturated rings. The molecule has 1 aliphatic rings. The average molecular weight is 355 g/mol. The predicted molar refractivity (Wildman–Crippen MR) is 63.9 cm³/mol. The van der Waals surface area contributed by atoms with E-state index in [0.717, 1.165) is 12.3 Å². The minimum atomic E-state index is -4.88. The van der Waals surface area contributed by atoms with Crippen LogP contribution < -0.4 is 0 Å². The zero-order valence-electron chi connectivity index (χ0n) is 11.5. The summed E-state index contributed by atoms with van der Waals surface area (Å²) in [4.78, 5) is 27.7. The van der Waals surface area contributed by atoms with Crippen LogP contribution in [0.3, 0.4) is 0 Å². The molecule has 2 rings (SSSR count). The zero-order chi connectivity index (χ0) is 18.1. The smallest absolute Gasteiger partial charge is 0.422 e. The van der Waals surface area contributed by atoms with Crippen molar-refractivity contribution in [3.8, 4) is 0 Å². The molecule has 24 heavy (non-hydrogen) atoms. The second-order valence-electron chi connectivity index (χ2n) is 4.52. The summed E-state index contributed by atoms with van der Waals surface area (Å²) in [7, 11) is 0. The number of ether oxygens (including phenoxy) is 2. The van der Waals surface area contributed by atoms with Crippen LogP contribution in [0.25, 0.3) is 0 Å². The van der Waals surface area contributed by atoms with Gasteiger partial charge in [0.05, 0.1) is 5.56 Å². The van der Waals surface area contributed by atoms with Crippen LogP contribution in [0.15, 0.2) is 29.8 Å². The summed E-state index contributed by atoms with van der Waals surface area (Å²) in [6, 6.07) is 2.31. The molecule has 5 nitrogen and oxygen atoms in total. The van der Waals surface area contributed by atoms with Crippen LogP contribution in [0.1, 0.15) is 20.8 Å². The molecule has 130 valence electrons. The lowest BCUT2D eigenvalue weighted by Gasteiger charge is -2.21. The molecule has 1 aliphatic carbocycles. The van der Waals surface area contributed by atoms with Crippen molar-refractivity contribution in [2.75, 3.05) is 13.2 Å². The van der Waals surface area contributed by atoms with Crippen LogP contribution in [0.4, 0.5) is 26.3 Å². The molecule has 0 aliphatic heterocycles. The van der Waals surface area contributed by atoms with Gasteiger partial charge in [0.2, 0.25) is 17.3 Å². The maximum absolute atomic E-state index is 12.3. The Bertz CT molecular complexity index is 648. The number of ketones is 2. The lowest BCUT2D eigenvalue weighted by atomic mass is 9.97. The van der Waals surface area contributed by atoms with Gasteiger partial charge in [-0.1, -0.05) is 0 Å². The highest BCUT2D eigenvalue weighted by Gasteiger charge is 2.40. The Morgan fingerprint density at radius 1 is 0.875 bits per heavy atom. The summed E-state index contributed by atoms with van der Waals surface area (Å²) in [5, 5.41) is 0. The van der Waals surface area contributed by atoms with Gasteiger partial charge in [-0.25, -0.2) is 0 Å². The highest BCUT2D eigenvalue weighted by molar-refractivity contribution is 6.24. The van der Waals surface area contributed by atoms with Gasteiger partial charge in [-0.05, 0) is 12.1 Å². The number of pyridine rings is 1. The number of allylic oxidation sites excluding steroid dienone is 2. The molecule has 0 atom stereocenters. The van der Waals surface area contributed by atoms with Crippen molar-refractivity contribution < 1.29 is 45.4 Å². The Kier molecular flexibility index (Phi) is 4.54. The molecule has 1 aromatic heterocycles. The van der Waals surface area contributed by atoms with E-state index in [2.05, 4.69) is 14.5 Å². The van der Waals surface area contributed by atoms with E-state index in [4.69, 9.17) is 0 Å². The molecule has 0 amide bonds. The Balaban J connectivity index is 2.42. The van der Waals surface area contributed by atoms with Gasteiger partial charge in [-0.15, -0.1) is 0 Å². The Morgan fingerprint density at radius 2 is 1.38 bits per heavy atom. The van der Waals surface area contributed by atoms with Gasteiger partial charge in [0.25, 0.3) is 5.78 Å². The first kappa shape index (κ1) is 17.8. The van der Waals surface area contributed by atoms with E-state index >= 15 is 0 Å². The second-order valence-corrected chi connectivity index (χ2v) is 4.52. The molecule has 11 heteroatoms. The van der Waals surface area contributed by atoms with Gasteiger partial charge in [0.15, 0.2) is 13.2 Å². The predicted octanol–water partition coefficient (Wildman–Crippen LogP) is 2.83. The summed E-state index contributed by atoms with van der Waals surface area (Å²) >= 11 is 0. The number of carbonyl (C=O) groups is 2. The van der Waals surface area contributed by atoms with Crippen molar-refractivity contribution in [2.45, 2.75) is 12.4 Å². The number of hydrogen-bond donors (Lipinski definition) is 0. The van der Waals surface area contributed by atoms with Crippen molar-refractivity contribution in [3.05, 3.63) is 41.1 Å². The number of fused-ring (bicyclic) bond motifs is 1. The molecule has 0 N–H and O–H groups in total. The minimum Gasteiger partial charge on any atom is -0.477 e. The fourth-order valence-electron chi connectivity index (χ4n) is 1.78. The van der Waals surface area contributed by atoms with Gasteiger partial charge in [-0.3, -0.25) is 14.6 Å². The molecular weight excluding hydrogens is 348 g/mol. The molecule has 0 bridgehead atoms. The average Bonchev–Trinajstić information content (AvgIpc) is 2.46. The first-order valence-electron chi connectivity index (χ1n) is 6.17. The van der Waals surface area contributed by atoms with E-state index in [1.54, 1.807) is 0 Å².